The van der Waals surface area contributed by atoms with Crippen molar-refractivity contribution in [1.29, 1.82) is 5.26 Å². The number of benzene rings is 2. The van der Waals surface area contributed by atoms with Crippen LogP contribution in [-0.2, 0) is 7.05 Å². The summed E-state index contributed by atoms with van der Waals surface area (Å²) < 4.78 is 3.43. The predicted octanol–water partition coefficient (Wildman–Crippen LogP) is 3.78. The molecule has 4 heteroatoms. The summed E-state index contributed by atoms with van der Waals surface area (Å²) in [5.74, 6) is 0. The highest BCUT2D eigenvalue weighted by molar-refractivity contribution is 7.26. The molecule has 0 saturated heterocycles. The number of hydrogen-bond donors (Lipinski definition) is 0. The number of pyridine rings is 1. The van der Waals surface area contributed by atoms with E-state index < -0.39 is 0 Å². The second-order valence-corrected chi connectivity index (χ2v) is 6.06. The summed E-state index contributed by atoms with van der Waals surface area (Å²) in [6.45, 7) is 0. The Morgan fingerprint density at radius 3 is 2.76 bits per heavy atom. The largest absolute Gasteiger partial charge is 0.310 e. The number of hydrogen-bond acceptors (Lipinski definition) is 3. The maximum absolute atomic E-state index is 12.6. The monoisotopic (exact) mass is 290 g/mol. The third-order valence-corrected chi connectivity index (χ3v) is 4.99. The molecule has 4 aromatic rings. The van der Waals surface area contributed by atoms with Gasteiger partial charge in [-0.3, -0.25) is 4.79 Å². The molecule has 0 bridgehead atoms. The van der Waals surface area contributed by atoms with Gasteiger partial charge in [0.1, 0.15) is 4.70 Å². The Morgan fingerprint density at radius 1 is 1.14 bits per heavy atom. The van der Waals surface area contributed by atoms with Crippen LogP contribution in [0.3, 0.4) is 0 Å². The molecular weight excluding hydrogens is 280 g/mol. The van der Waals surface area contributed by atoms with Gasteiger partial charge < -0.3 is 4.57 Å². The smallest absolute Gasteiger partial charge is 0.268 e. The summed E-state index contributed by atoms with van der Waals surface area (Å²) in [7, 11) is 1.80. The Labute approximate surface area is 124 Å². The van der Waals surface area contributed by atoms with Crippen molar-refractivity contribution >= 4 is 42.4 Å². The van der Waals surface area contributed by atoms with E-state index in [0.717, 1.165) is 31.1 Å². The molecule has 0 fully saturated rings. The minimum atomic E-state index is 0.0170. The standard InChI is InChI=1S/C17H10N2OS/c1-19-13-5-3-2-4-11(13)15-12-7-6-10(9-18)8-14(12)21-16(15)17(19)20/h2-8H,1H3. The van der Waals surface area contributed by atoms with Gasteiger partial charge in [-0.25, -0.2) is 0 Å². The number of fused-ring (bicyclic) bond motifs is 5. The first kappa shape index (κ1) is 12.1. The van der Waals surface area contributed by atoms with Crippen LogP contribution >= 0.6 is 11.3 Å². The first-order valence-corrected chi connectivity index (χ1v) is 7.36. The van der Waals surface area contributed by atoms with Crippen LogP contribution in [0.15, 0.2) is 47.3 Å². The highest BCUT2D eigenvalue weighted by Gasteiger charge is 2.14. The fraction of sp³-hybridized carbons (Fsp3) is 0.0588. The van der Waals surface area contributed by atoms with Gasteiger partial charge in [0, 0.05) is 27.9 Å². The van der Waals surface area contributed by atoms with Gasteiger partial charge in [0.15, 0.2) is 0 Å². The van der Waals surface area contributed by atoms with Gasteiger partial charge in [-0.1, -0.05) is 24.3 Å². The van der Waals surface area contributed by atoms with Gasteiger partial charge in [0.25, 0.3) is 5.56 Å². The highest BCUT2D eigenvalue weighted by Crippen LogP contribution is 2.36. The molecule has 2 aromatic carbocycles. The minimum Gasteiger partial charge on any atom is -0.310 e. The SMILES string of the molecule is Cn1c(=O)c2sc3cc(C#N)ccc3c2c2ccccc21. The van der Waals surface area contributed by atoms with E-state index in [4.69, 9.17) is 5.26 Å². The summed E-state index contributed by atoms with van der Waals surface area (Å²) in [6, 6.07) is 15.7. The lowest BCUT2D eigenvalue weighted by Crippen LogP contribution is -2.15. The quantitative estimate of drug-likeness (QED) is 0.495. The molecule has 0 saturated carbocycles. The summed E-state index contributed by atoms with van der Waals surface area (Å²) in [5, 5.41) is 12.1. The third kappa shape index (κ3) is 1.55. The molecule has 0 amide bonds. The van der Waals surface area contributed by atoms with Crippen LogP contribution in [0.4, 0.5) is 0 Å². The van der Waals surface area contributed by atoms with Crippen molar-refractivity contribution in [2.24, 2.45) is 7.05 Å². The summed E-state index contributed by atoms with van der Waals surface area (Å²) in [4.78, 5) is 12.6. The van der Waals surface area contributed by atoms with E-state index in [1.54, 1.807) is 17.7 Å². The van der Waals surface area contributed by atoms with Crippen molar-refractivity contribution in [1.82, 2.24) is 4.57 Å². The molecule has 0 aliphatic heterocycles. The summed E-state index contributed by atoms with van der Waals surface area (Å²) >= 11 is 1.46. The summed E-state index contributed by atoms with van der Waals surface area (Å²) in [5.41, 5.74) is 1.57. The van der Waals surface area contributed by atoms with Crippen LogP contribution < -0.4 is 5.56 Å². The maximum Gasteiger partial charge on any atom is 0.268 e. The van der Waals surface area contributed by atoms with Gasteiger partial charge in [-0.15, -0.1) is 11.3 Å². The van der Waals surface area contributed by atoms with Gasteiger partial charge in [-0.05, 0) is 18.2 Å². The molecule has 4 rings (SSSR count). The molecule has 0 radical (unpaired) electrons. The van der Waals surface area contributed by atoms with E-state index >= 15 is 0 Å². The van der Waals surface area contributed by atoms with E-state index in [9.17, 15) is 4.79 Å². The van der Waals surface area contributed by atoms with Gasteiger partial charge >= 0.3 is 0 Å². The molecule has 0 aliphatic carbocycles. The van der Waals surface area contributed by atoms with Crippen molar-refractivity contribution in [3.05, 3.63) is 58.4 Å². The second kappa shape index (κ2) is 4.18. The molecule has 0 unspecified atom stereocenters. The lowest BCUT2D eigenvalue weighted by Gasteiger charge is -2.06. The Morgan fingerprint density at radius 2 is 1.95 bits per heavy atom. The Bertz CT molecular complexity index is 1130. The zero-order valence-corrected chi connectivity index (χ0v) is 12.1. The number of para-hydroxylation sites is 1. The fourth-order valence-corrected chi connectivity index (χ4v) is 4.06. The van der Waals surface area contributed by atoms with Crippen LogP contribution in [0.25, 0.3) is 31.1 Å². The van der Waals surface area contributed by atoms with Crippen LogP contribution in [0.1, 0.15) is 5.56 Å². The van der Waals surface area contributed by atoms with E-state index in [1.807, 2.05) is 36.4 Å². The van der Waals surface area contributed by atoms with Crippen LogP contribution in [0.5, 0.6) is 0 Å². The van der Waals surface area contributed by atoms with E-state index in [-0.39, 0.29) is 5.56 Å². The molecule has 2 aromatic heterocycles. The molecule has 0 N–H and O–H groups in total. The van der Waals surface area contributed by atoms with Crippen LogP contribution in [-0.4, -0.2) is 4.57 Å². The molecule has 0 aliphatic rings. The molecular formula is C17H10N2OS. The molecule has 21 heavy (non-hydrogen) atoms. The second-order valence-electron chi connectivity index (χ2n) is 5.01. The molecule has 100 valence electrons. The van der Waals surface area contributed by atoms with Gasteiger partial charge in [0.2, 0.25) is 0 Å². The Kier molecular flexibility index (Phi) is 2.41. The Hall–Kier alpha value is -2.64. The lowest BCUT2D eigenvalue weighted by atomic mass is 10.1. The van der Waals surface area contributed by atoms with E-state index in [0.29, 0.717) is 5.56 Å². The van der Waals surface area contributed by atoms with E-state index in [2.05, 4.69) is 6.07 Å². The van der Waals surface area contributed by atoms with Gasteiger partial charge in [-0.2, -0.15) is 5.26 Å². The average Bonchev–Trinajstić information content (AvgIpc) is 2.91. The number of aryl methyl sites for hydroxylation is 1. The van der Waals surface area contributed by atoms with Crippen molar-refractivity contribution in [2.45, 2.75) is 0 Å². The normalized spacial score (nSPS) is 11.2. The maximum atomic E-state index is 12.6. The molecule has 2 heterocycles. The number of aromatic nitrogens is 1. The lowest BCUT2D eigenvalue weighted by molar-refractivity contribution is 0.921. The number of nitrogens with zero attached hydrogens (tertiary/aromatic N) is 2. The first-order valence-electron chi connectivity index (χ1n) is 6.55. The van der Waals surface area contributed by atoms with Crippen LogP contribution in [0, 0.1) is 11.3 Å². The topological polar surface area (TPSA) is 45.8 Å². The minimum absolute atomic E-state index is 0.0170. The highest BCUT2D eigenvalue weighted by atomic mass is 32.1. The fourth-order valence-electron chi connectivity index (χ4n) is 2.82. The first-order chi connectivity index (χ1) is 10.2. The Balaban J connectivity index is 2.37. The van der Waals surface area contributed by atoms with Crippen LogP contribution in [0.2, 0.25) is 0 Å². The van der Waals surface area contributed by atoms with Crippen molar-refractivity contribution in [3.63, 3.8) is 0 Å². The van der Waals surface area contributed by atoms with E-state index in [1.165, 1.54) is 11.3 Å². The van der Waals surface area contributed by atoms with Crippen molar-refractivity contribution < 1.29 is 0 Å². The average molecular weight is 290 g/mol. The van der Waals surface area contributed by atoms with Crippen molar-refractivity contribution in [2.75, 3.05) is 0 Å². The number of thiophene rings is 1. The zero-order chi connectivity index (χ0) is 14.6. The third-order valence-electron chi connectivity index (χ3n) is 3.85. The number of nitriles is 1. The zero-order valence-electron chi connectivity index (χ0n) is 11.3. The molecule has 0 spiro atoms. The molecule has 0 atom stereocenters. The van der Waals surface area contributed by atoms with Crippen molar-refractivity contribution in [3.8, 4) is 6.07 Å². The molecule has 3 nitrogen and oxygen atoms in total. The van der Waals surface area contributed by atoms with Gasteiger partial charge in [0.05, 0.1) is 17.1 Å². The predicted molar refractivity (Wildman–Crippen MR) is 86.8 cm³/mol. The summed E-state index contributed by atoms with van der Waals surface area (Å²) in [6.07, 6.45) is 0. The number of rotatable bonds is 0.